The highest BCUT2D eigenvalue weighted by Gasteiger charge is 2.33. The molecule has 0 heterocycles. The van der Waals surface area contributed by atoms with Crippen molar-refractivity contribution in [3.05, 3.63) is 22.9 Å². The summed E-state index contributed by atoms with van der Waals surface area (Å²) in [6, 6.07) is 0. The van der Waals surface area contributed by atoms with Gasteiger partial charge in [0.15, 0.2) is 0 Å². The second-order valence-corrected chi connectivity index (χ2v) is 2.00. The summed E-state index contributed by atoms with van der Waals surface area (Å²) in [4.78, 5) is 0. The molecule has 0 aromatic rings. The maximum absolute atomic E-state index is 11.4. The Balaban J connectivity index is 2.42. The molecule has 1 aliphatic rings. The van der Waals surface area contributed by atoms with Crippen molar-refractivity contribution in [3.8, 4) is 0 Å². The minimum atomic E-state index is -4.64. The van der Waals surface area contributed by atoms with E-state index in [0.717, 1.165) is 6.08 Å². The molecule has 0 saturated heterocycles. The molecule has 0 spiro atoms. The molecule has 1 rings (SSSR count). The topological polar surface area (TPSA) is 9.23 Å². The molecule has 1 nitrogen and oxygen atoms in total. The van der Waals surface area contributed by atoms with Crippen LogP contribution in [-0.4, -0.2) is 6.36 Å². The maximum atomic E-state index is 11.4. The van der Waals surface area contributed by atoms with Gasteiger partial charge in [-0.1, -0.05) is 11.6 Å². The average Bonchev–Trinajstić information content (AvgIpc) is 1.78. The van der Waals surface area contributed by atoms with Gasteiger partial charge in [-0.3, -0.25) is 0 Å². The van der Waals surface area contributed by atoms with Crippen LogP contribution in [0.25, 0.3) is 0 Å². The van der Waals surface area contributed by atoms with Crippen molar-refractivity contribution in [2.45, 2.75) is 6.36 Å². The highest BCUT2D eigenvalue weighted by Crippen LogP contribution is 2.31. The number of rotatable bonds is 1. The van der Waals surface area contributed by atoms with E-state index in [1.807, 2.05) is 0 Å². The van der Waals surface area contributed by atoms with E-state index in [9.17, 15) is 13.2 Å². The van der Waals surface area contributed by atoms with Crippen LogP contribution >= 0.6 is 11.6 Å². The quantitative estimate of drug-likeness (QED) is 0.588. The number of ether oxygens (including phenoxy) is 1. The van der Waals surface area contributed by atoms with Crippen LogP contribution < -0.4 is 0 Å². The first-order chi connectivity index (χ1) is 4.49. The van der Waals surface area contributed by atoms with Gasteiger partial charge in [-0.25, -0.2) is 0 Å². The van der Waals surface area contributed by atoms with Gasteiger partial charge < -0.3 is 4.74 Å². The van der Waals surface area contributed by atoms with Crippen molar-refractivity contribution in [2.75, 3.05) is 0 Å². The predicted molar refractivity (Wildman–Crippen MR) is 29.2 cm³/mol. The molecule has 1 aliphatic carbocycles. The number of halogens is 4. The molecule has 0 saturated carbocycles. The molecule has 0 radical (unpaired) electrons. The van der Waals surface area contributed by atoms with Crippen LogP contribution in [-0.2, 0) is 4.74 Å². The normalized spacial score (nSPS) is 17.2. The summed E-state index contributed by atoms with van der Waals surface area (Å²) in [5.41, 5.74) is 0. The van der Waals surface area contributed by atoms with Gasteiger partial charge in [0.05, 0.1) is 5.03 Å². The molecule has 0 N–H and O–H groups in total. The van der Waals surface area contributed by atoms with Gasteiger partial charge in [0.2, 0.25) is 0 Å². The summed E-state index contributed by atoms with van der Waals surface area (Å²) >= 11 is 5.19. The van der Waals surface area contributed by atoms with Gasteiger partial charge in [0, 0.05) is 0 Å². The van der Waals surface area contributed by atoms with Gasteiger partial charge in [-0.15, -0.1) is 13.2 Å². The molecule has 0 unspecified atom stereocenters. The van der Waals surface area contributed by atoms with E-state index in [4.69, 9.17) is 11.6 Å². The van der Waals surface area contributed by atoms with E-state index in [1.54, 1.807) is 0 Å². The lowest BCUT2D eigenvalue weighted by Crippen LogP contribution is -2.14. The van der Waals surface area contributed by atoms with E-state index in [2.05, 4.69) is 4.74 Å². The molecule has 0 aliphatic heterocycles. The first-order valence-corrected chi connectivity index (χ1v) is 2.70. The van der Waals surface area contributed by atoms with Crippen LogP contribution in [0.1, 0.15) is 0 Å². The molecule has 0 fully saturated rings. The SMILES string of the molecule is FC(F)(F)OC1=CC=C1Cl. The Morgan fingerprint density at radius 1 is 1.30 bits per heavy atom. The standard InChI is InChI=1S/C5H2ClF3O/c6-3-1-2-4(3)10-5(7,8)9/h1-2H. The maximum Gasteiger partial charge on any atom is 0.573 e. The van der Waals surface area contributed by atoms with Gasteiger partial charge >= 0.3 is 6.36 Å². The second-order valence-electron chi connectivity index (χ2n) is 1.59. The van der Waals surface area contributed by atoms with Crippen LogP contribution in [0.3, 0.4) is 0 Å². The van der Waals surface area contributed by atoms with Gasteiger partial charge in [0.25, 0.3) is 0 Å². The van der Waals surface area contributed by atoms with E-state index < -0.39 is 6.36 Å². The average molecular weight is 171 g/mol. The summed E-state index contributed by atoms with van der Waals surface area (Å²) < 4.78 is 37.5. The lowest BCUT2D eigenvalue weighted by molar-refractivity contribution is -0.304. The lowest BCUT2D eigenvalue weighted by Gasteiger charge is -2.14. The summed E-state index contributed by atoms with van der Waals surface area (Å²) in [5.74, 6) is -0.325. The fourth-order valence-electron chi connectivity index (χ4n) is 0.422. The zero-order valence-electron chi connectivity index (χ0n) is 4.57. The first kappa shape index (κ1) is 7.47. The molecule has 0 amide bonds. The molecule has 0 aromatic carbocycles. The Hall–Kier alpha value is -0.640. The molecule has 5 heteroatoms. The first-order valence-electron chi connectivity index (χ1n) is 2.32. The van der Waals surface area contributed by atoms with E-state index >= 15 is 0 Å². The third kappa shape index (κ3) is 1.67. The van der Waals surface area contributed by atoms with Crippen molar-refractivity contribution in [3.63, 3.8) is 0 Å². The number of alkyl halides is 3. The van der Waals surface area contributed by atoms with Crippen LogP contribution in [0.5, 0.6) is 0 Å². The predicted octanol–water partition coefficient (Wildman–Crippen LogP) is 2.54. The van der Waals surface area contributed by atoms with E-state index in [-0.39, 0.29) is 10.8 Å². The van der Waals surface area contributed by atoms with Crippen LogP contribution in [0.15, 0.2) is 22.9 Å². The second kappa shape index (κ2) is 2.20. The summed E-state index contributed by atoms with van der Waals surface area (Å²) in [5, 5.41) is -0.00248. The number of allylic oxidation sites excluding steroid dienone is 3. The summed E-state index contributed by atoms with van der Waals surface area (Å²) in [7, 11) is 0. The van der Waals surface area contributed by atoms with Crippen molar-refractivity contribution in [1.29, 1.82) is 0 Å². The van der Waals surface area contributed by atoms with Crippen molar-refractivity contribution < 1.29 is 17.9 Å². The van der Waals surface area contributed by atoms with Crippen molar-refractivity contribution in [2.24, 2.45) is 0 Å². The zero-order chi connectivity index (χ0) is 7.78. The number of hydrogen-bond donors (Lipinski definition) is 0. The van der Waals surface area contributed by atoms with Crippen molar-refractivity contribution >= 4 is 11.6 Å². The minimum Gasteiger partial charge on any atom is -0.404 e. The third-order valence-corrected chi connectivity index (χ3v) is 1.15. The van der Waals surface area contributed by atoms with Gasteiger partial charge in [-0.2, -0.15) is 0 Å². The molecule has 0 bridgehead atoms. The van der Waals surface area contributed by atoms with Gasteiger partial charge in [0.1, 0.15) is 5.76 Å². The van der Waals surface area contributed by atoms with Crippen molar-refractivity contribution in [1.82, 2.24) is 0 Å². The Bertz CT molecular complexity index is 203. The molecule has 0 aromatic heterocycles. The zero-order valence-corrected chi connectivity index (χ0v) is 5.33. The molecular formula is C5H2ClF3O. The number of hydrogen-bond acceptors (Lipinski definition) is 1. The Morgan fingerprint density at radius 3 is 2.00 bits per heavy atom. The van der Waals surface area contributed by atoms with Crippen LogP contribution in [0, 0.1) is 0 Å². The molecular weight excluding hydrogens is 169 g/mol. The highest BCUT2D eigenvalue weighted by molar-refractivity contribution is 6.32. The summed E-state index contributed by atoms with van der Waals surface area (Å²) in [6.45, 7) is 0. The smallest absolute Gasteiger partial charge is 0.404 e. The van der Waals surface area contributed by atoms with Crippen LogP contribution in [0.4, 0.5) is 13.2 Å². The largest absolute Gasteiger partial charge is 0.573 e. The Labute approximate surface area is 59.7 Å². The fourth-order valence-corrected chi connectivity index (χ4v) is 0.586. The lowest BCUT2D eigenvalue weighted by atomic mass is 10.2. The Kier molecular flexibility index (Phi) is 1.64. The third-order valence-electron chi connectivity index (χ3n) is 0.842. The monoisotopic (exact) mass is 170 g/mol. The molecule has 10 heavy (non-hydrogen) atoms. The minimum absolute atomic E-state index is 0.00248. The van der Waals surface area contributed by atoms with E-state index in [1.165, 1.54) is 6.08 Å². The van der Waals surface area contributed by atoms with Crippen LogP contribution in [0.2, 0.25) is 0 Å². The molecule has 56 valence electrons. The van der Waals surface area contributed by atoms with Gasteiger partial charge in [-0.05, 0) is 12.2 Å². The summed E-state index contributed by atoms with van der Waals surface area (Å²) in [6.07, 6.45) is -2.17. The highest BCUT2D eigenvalue weighted by atomic mass is 35.5. The molecule has 0 atom stereocenters. The Morgan fingerprint density at radius 2 is 1.90 bits per heavy atom. The van der Waals surface area contributed by atoms with E-state index in [0.29, 0.717) is 0 Å². The fraction of sp³-hybridized carbons (Fsp3) is 0.200.